The number of rotatable bonds is 2. The lowest BCUT2D eigenvalue weighted by molar-refractivity contribution is 0.00628. The van der Waals surface area contributed by atoms with E-state index < -0.39 is 5.60 Å². The molecule has 0 spiro atoms. The monoisotopic (exact) mass is 237 g/mol. The minimum atomic E-state index is -0.484. The van der Waals surface area contributed by atoms with E-state index in [9.17, 15) is 4.79 Å². The minimum absolute atomic E-state index is 0.290. The van der Waals surface area contributed by atoms with Crippen LogP contribution in [-0.2, 0) is 4.74 Å². The van der Waals surface area contributed by atoms with Gasteiger partial charge in [0.2, 0.25) is 0 Å². The van der Waals surface area contributed by atoms with E-state index in [4.69, 9.17) is 4.74 Å². The van der Waals surface area contributed by atoms with Crippen molar-refractivity contribution in [2.45, 2.75) is 45.3 Å². The van der Waals surface area contributed by atoms with E-state index in [1.807, 2.05) is 20.8 Å². The number of hydrogen-bond acceptors (Lipinski definition) is 4. The lowest BCUT2D eigenvalue weighted by atomic mass is 10.1. The molecular weight excluding hydrogens is 218 g/mol. The van der Waals surface area contributed by atoms with Gasteiger partial charge < -0.3 is 10.1 Å². The van der Waals surface area contributed by atoms with Gasteiger partial charge in [-0.25, -0.2) is 4.79 Å². The number of carbonyl (C=O) groups excluding carboxylic acids is 1. The van der Waals surface area contributed by atoms with Crippen LogP contribution < -0.4 is 5.32 Å². The molecule has 1 fully saturated rings. The highest BCUT2D eigenvalue weighted by atomic mass is 16.6. The van der Waals surface area contributed by atoms with Crippen LogP contribution in [0.25, 0.3) is 0 Å². The van der Waals surface area contributed by atoms with Gasteiger partial charge in [-0.05, 0) is 46.2 Å². The smallest absolute Gasteiger partial charge is 0.359 e. The highest BCUT2D eigenvalue weighted by molar-refractivity contribution is 5.87. The summed E-state index contributed by atoms with van der Waals surface area (Å²) in [5, 5.41) is 10.3. The van der Waals surface area contributed by atoms with E-state index in [2.05, 4.69) is 15.5 Å². The average Bonchev–Trinajstić information content (AvgIpc) is 2.86. The van der Waals surface area contributed by atoms with Crippen LogP contribution in [0.15, 0.2) is 6.07 Å². The molecule has 17 heavy (non-hydrogen) atoms. The van der Waals surface area contributed by atoms with Crippen LogP contribution in [0.3, 0.4) is 0 Å². The van der Waals surface area contributed by atoms with Gasteiger partial charge in [0, 0.05) is 6.04 Å². The number of aromatic nitrogens is 2. The van der Waals surface area contributed by atoms with E-state index >= 15 is 0 Å². The molecule has 1 unspecified atom stereocenters. The Morgan fingerprint density at radius 2 is 2.29 bits per heavy atom. The number of aromatic amines is 1. The van der Waals surface area contributed by atoms with Gasteiger partial charge in [0.1, 0.15) is 5.60 Å². The zero-order chi connectivity index (χ0) is 12.5. The van der Waals surface area contributed by atoms with Crippen molar-refractivity contribution in [2.24, 2.45) is 0 Å². The number of esters is 1. The lowest BCUT2D eigenvalue weighted by Gasteiger charge is -2.18. The Morgan fingerprint density at radius 1 is 1.53 bits per heavy atom. The van der Waals surface area contributed by atoms with E-state index in [0.717, 1.165) is 25.1 Å². The molecule has 1 aromatic heterocycles. The summed E-state index contributed by atoms with van der Waals surface area (Å²) in [6.07, 6.45) is 2.24. The third-order valence-corrected chi connectivity index (χ3v) is 2.64. The second-order valence-corrected chi connectivity index (χ2v) is 5.36. The van der Waals surface area contributed by atoms with Crippen LogP contribution >= 0.6 is 0 Å². The first-order valence-corrected chi connectivity index (χ1v) is 5.98. The zero-order valence-corrected chi connectivity index (χ0v) is 10.5. The molecule has 0 aromatic carbocycles. The summed E-state index contributed by atoms with van der Waals surface area (Å²) < 4.78 is 5.26. The number of carbonyl (C=O) groups is 1. The molecule has 1 saturated heterocycles. The Morgan fingerprint density at radius 3 is 2.88 bits per heavy atom. The molecule has 0 saturated carbocycles. The van der Waals surface area contributed by atoms with Gasteiger partial charge in [-0.15, -0.1) is 0 Å². The number of nitrogens with one attached hydrogen (secondary N) is 2. The molecule has 0 bridgehead atoms. The van der Waals surface area contributed by atoms with Crippen molar-refractivity contribution in [1.82, 2.24) is 15.5 Å². The molecule has 5 heteroatoms. The van der Waals surface area contributed by atoms with E-state index in [0.29, 0.717) is 11.7 Å². The lowest BCUT2D eigenvalue weighted by Crippen LogP contribution is -2.24. The number of nitrogens with zero attached hydrogens (tertiary/aromatic N) is 1. The van der Waals surface area contributed by atoms with Gasteiger partial charge in [0.05, 0.1) is 5.69 Å². The molecule has 1 aromatic rings. The van der Waals surface area contributed by atoms with Crippen molar-refractivity contribution in [2.75, 3.05) is 6.54 Å². The van der Waals surface area contributed by atoms with Crippen molar-refractivity contribution >= 4 is 5.97 Å². The van der Waals surface area contributed by atoms with Gasteiger partial charge >= 0.3 is 5.97 Å². The standard InChI is InChI=1S/C12H19N3O2/c1-12(2,3)17-11(16)10-7-9(14-15-10)8-5-4-6-13-8/h7-8,13H,4-6H2,1-3H3,(H,14,15). The summed E-state index contributed by atoms with van der Waals surface area (Å²) in [5.74, 6) is -0.377. The summed E-state index contributed by atoms with van der Waals surface area (Å²) in [6, 6.07) is 2.07. The Kier molecular flexibility index (Phi) is 3.19. The normalized spacial score (nSPS) is 20.5. The highest BCUT2D eigenvalue weighted by Crippen LogP contribution is 2.22. The van der Waals surface area contributed by atoms with Crippen molar-refractivity contribution in [3.05, 3.63) is 17.5 Å². The van der Waals surface area contributed by atoms with Gasteiger partial charge in [-0.1, -0.05) is 0 Å². The predicted octanol–water partition coefficient (Wildman–Crippen LogP) is 1.79. The van der Waals surface area contributed by atoms with Crippen LogP contribution in [0.4, 0.5) is 0 Å². The molecule has 2 N–H and O–H groups in total. The fourth-order valence-electron chi connectivity index (χ4n) is 1.90. The van der Waals surface area contributed by atoms with Crippen LogP contribution in [-0.4, -0.2) is 28.3 Å². The summed E-state index contributed by atoms with van der Waals surface area (Å²) in [7, 11) is 0. The first kappa shape index (κ1) is 12.1. The zero-order valence-electron chi connectivity index (χ0n) is 10.5. The fraction of sp³-hybridized carbons (Fsp3) is 0.667. The minimum Gasteiger partial charge on any atom is -0.455 e. The first-order chi connectivity index (χ1) is 7.96. The molecule has 2 heterocycles. The second kappa shape index (κ2) is 4.49. The quantitative estimate of drug-likeness (QED) is 0.769. The maximum atomic E-state index is 11.8. The summed E-state index contributed by atoms with van der Waals surface area (Å²) >= 11 is 0. The largest absolute Gasteiger partial charge is 0.455 e. The Hall–Kier alpha value is -1.36. The van der Waals surface area contributed by atoms with Gasteiger partial charge in [-0.3, -0.25) is 5.10 Å². The number of hydrogen-bond donors (Lipinski definition) is 2. The molecule has 0 aliphatic carbocycles. The van der Waals surface area contributed by atoms with Crippen molar-refractivity contribution in [1.29, 1.82) is 0 Å². The van der Waals surface area contributed by atoms with Crippen LogP contribution in [0.1, 0.15) is 55.8 Å². The fourth-order valence-corrected chi connectivity index (χ4v) is 1.90. The van der Waals surface area contributed by atoms with E-state index in [1.165, 1.54) is 0 Å². The summed E-state index contributed by atoms with van der Waals surface area (Å²) in [6.45, 7) is 6.55. The third kappa shape index (κ3) is 3.06. The Labute approximate surface area is 101 Å². The van der Waals surface area contributed by atoms with Crippen LogP contribution in [0.2, 0.25) is 0 Å². The molecule has 1 aliphatic rings. The molecule has 5 nitrogen and oxygen atoms in total. The average molecular weight is 237 g/mol. The highest BCUT2D eigenvalue weighted by Gasteiger charge is 2.23. The van der Waals surface area contributed by atoms with Crippen molar-refractivity contribution < 1.29 is 9.53 Å². The Bertz CT molecular complexity index is 400. The van der Waals surface area contributed by atoms with Crippen molar-refractivity contribution in [3.8, 4) is 0 Å². The molecular formula is C12H19N3O2. The van der Waals surface area contributed by atoms with Crippen LogP contribution in [0, 0.1) is 0 Å². The molecule has 1 aliphatic heterocycles. The summed E-state index contributed by atoms with van der Waals surface area (Å²) in [4.78, 5) is 11.8. The van der Waals surface area contributed by atoms with E-state index in [1.54, 1.807) is 6.07 Å². The predicted molar refractivity (Wildman–Crippen MR) is 63.7 cm³/mol. The maximum Gasteiger partial charge on any atom is 0.359 e. The van der Waals surface area contributed by atoms with Crippen LogP contribution in [0.5, 0.6) is 0 Å². The van der Waals surface area contributed by atoms with Gasteiger partial charge in [-0.2, -0.15) is 5.10 Å². The second-order valence-electron chi connectivity index (χ2n) is 5.36. The third-order valence-electron chi connectivity index (χ3n) is 2.64. The summed E-state index contributed by atoms with van der Waals surface area (Å²) in [5.41, 5.74) is 0.828. The first-order valence-electron chi connectivity index (χ1n) is 5.98. The van der Waals surface area contributed by atoms with Gasteiger partial charge in [0.15, 0.2) is 5.69 Å². The maximum absolute atomic E-state index is 11.8. The number of H-pyrrole nitrogens is 1. The van der Waals surface area contributed by atoms with E-state index in [-0.39, 0.29) is 5.97 Å². The topological polar surface area (TPSA) is 67.0 Å². The van der Waals surface area contributed by atoms with Crippen molar-refractivity contribution in [3.63, 3.8) is 0 Å². The molecule has 0 radical (unpaired) electrons. The van der Waals surface area contributed by atoms with Gasteiger partial charge in [0.25, 0.3) is 0 Å². The number of ether oxygens (including phenoxy) is 1. The molecule has 0 amide bonds. The molecule has 2 rings (SSSR count). The molecule has 1 atom stereocenters. The SMILES string of the molecule is CC(C)(C)OC(=O)c1cc(C2CCCN2)[nH]n1. The molecule has 94 valence electrons. The Balaban J connectivity index is 2.04.